The molecule has 2 heterocycles. The standard InChI is InChI=1S/C32H24ClN3S/c1-23-20-27-30(22-37-32(27)34-21-23)36(26-16-9-4-10-17-26)29-19-11-18-28(31(29)33)35(24-12-5-2-6-13-24)25-14-7-3-8-15-25/h2-22H,1H3/i1D3. The van der Waals surface area contributed by atoms with Crippen LogP contribution in [0.3, 0.4) is 0 Å². The first-order valence-corrected chi connectivity index (χ1v) is 13.1. The second-order valence-corrected chi connectivity index (χ2v) is 9.72. The minimum absolute atomic E-state index is 0.201. The van der Waals surface area contributed by atoms with Gasteiger partial charge in [-0.25, -0.2) is 4.98 Å². The quantitative estimate of drug-likeness (QED) is 0.218. The summed E-state index contributed by atoms with van der Waals surface area (Å²) in [7, 11) is 0. The van der Waals surface area contributed by atoms with Crippen molar-refractivity contribution in [3.63, 3.8) is 0 Å². The average molecular weight is 521 g/mol. The number of aryl methyl sites for hydroxylation is 1. The van der Waals surface area contributed by atoms with E-state index in [0.717, 1.165) is 44.3 Å². The van der Waals surface area contributed by atoms with Crippen molar-refractivity contribution in [3.8, 4) is 0 Å². The van der Waals surface area contributed by atoms with Gasteiger partial charge in [0.05, 0.1) is 22.1 Å². The van der Waals surface area contributed by atoms with Crippen molar-refractivity contribution in [1.82, 2.24) is 4.98 Å². The number of pyridine rings is 1. The van der Waals surface area contributed by atoms with Gasteiger partial charge < -0.3 is 9.80 Å². The van der Waals surface area contributed by atoms with E-state index in [1.165, 1.54) is 17.5 Å². The first-order valence-electron chi connectivity index (χ1n) is 13.3. The van der Waals surface area contributed by atoms with E-state index in [1.807, 2.05) is 90.3 Å². The predicted octanol–water partition coefficient (Wildman–Crippen LogP) is 10.2. The minimum atomic E-state index is -2.26. The number of aromatic nitrogens is 1. The fourth-order valence-electron chi connectivity index (χ4n) is 4.50. The van der Waals surface area contributed by atoms with E-state index in [9.17, 15) is 0 Å². The highest BCUT2D eigenvalue weighted by atomic mass is 35.5. The lowest BCUT2D eigenvalue weighted by atomic mass is 10.1. The van der Waals surface area contributed by atoms with Gasteiger partial charge in [0, 0.05) is 38.1 Å². The Bertz CT molecular complexity index is 1720. The molecule has 0 fully saturated rings. The summed E-state index contributed by atoms with van der Waals surface area (Å²) >= 11 is 8.81. The summed E-state index contributed by atoms with van der Waals surface area (Å²) in [5, 5.41) is 3.31. The Kier molecular flexibility index (Phi) is 5.45. The largest absolute Gasteiger partial charge is 0.309 e. The Hall–Kier alpha value is -4.12. The Balaban J connectivity index is 1.58. The molecule has 0 atom stereocenters. The fourth-order valence-corrected chi connectivity index (χ4v) is 5.65. The SMILES string of the molecule is [2H]C([2H])([2H])c1cnc2scc(N(c3ccccc3)c3cccc(N(c4ccccc4)c4ccccc4)c3Cl)c2c1. The molecule has 0 spiro atoms. The van der Waals surface area contributed by atoms with Gasteiger partial charge in [0.25, 0.3) is 0 Å². The van der Waals surface area contributed by atoms with Crippen LogP contribution in [0, 0.1) is 6.85 Å². The number of fused-ring (bicyclic) bond motifs is 1. The number of halogens is 1. The van der Waals surface area contributed by atoms with Crippen LogP contribution in [0.2, 0.25) is 5.02 Å². The highest BCUT2D eigenvalue weighted by Crippen LogP contribution is 2.48. The molecule has 0 aliphatic heterocycles. The predicted molar refractivity (Wildman–Crippen MR) is 159 cm³/mol. The number of hydrogen-bond donors (Lipinski definition) is 0. The highest BCUT2D eigenvalue weighted by molar-refractivity contribution is 7.17. The van der Waals surface area contributed by atoms with Crippen LogP contribution in [0.25, 0.3) is 10.2 Å². The molecule has 180 valence electrons. The van der Waals surface area contributed by atoms with Crippen molar-refractivity contribution in [2.45, 2.75) is 6.85 Å². The fraction of sp³-hybridized carbons (Fsp3) is 0.0312. The molecule has 5 heteroatoms. The molecule has 0 saturated carbocycles. The monoisotopic (exact) mass is 520 g/mol. The normalized spacial score (nSPS) is 12.5. The summed E-state index contributed by atoms with van der Waals surface area (Å²) in [6, 6.07) is 37.9. The molecule has 6 rings (SSSR count). The van der Waals surface area contributed by atoms with Crippen molar-refractivity contribution >= 4 is 67.3 Å². The Morgan fingerprint density at radius 2 is 1.22 bits per heavy atom. The van der Waals surface area contributed by atoms with Gasteiger partial charge in [-0.1, -0.05) is 72.3 Å². The van der Waals surface area contributed by atoms with Crippen LogP contribution < -0.4 is 9.80 Å². The van der Waals surface area contributed by atoms with Crippen molar-refractivity contribution in [2.75, 3.05) is 9.80 Å². The second kappa shape index (κ2) is 10.1. The van der Waals surface area contributed by atoms with Gasteiger partial charge in [-0.2, -0.15) is 0 Å². The van der Waals surface area contributed by atoms with E-state index in [1.54, 1.807) is 6.07 Å². The van der Waals surface area contributed by atoms with Crippen LogP contribution in [0.4, 0.5) is 34.1 Å². The molecule has 0 amide bonds. The van der Waals surface area contributed by atoms with Crippen molar-refractivity contribution < 1.29 is 4.11 Å². The second-order valence-electron chi connectivity index (χ2n) is 8.49. The number of benzene rings is 4. The maximum atomic E-state index is 7.94. The lowest BCUT2D eigenvalue weighted by molar-refractivity contribution is 1.26. The van der Waals surface area contributed by atoms with Gasteiger partial charge in [-0.05, 0) is 67.0 Å². The highest BCUT2D eigenvalue weighted by Gasteiger charge is 2.23. The van der Waals surface area contributed by atoms with E-state index >= 15 is 0 Å². The number of para-hydroxylation sites is 3. The molecular weight excluding hydrogens is 494 g/mol. The number of hydrogen-bond acceptors (Lipinski definition) is 4. The maximum Gasteiger partial charge on any atom is 0.125 e. The summed E-state index contributed by atoms with van der Waals surface area (Å²) in [4.78, 5) is 9.44. The first kappa shape index (κ1) is 20.0. The van der Waals surface area contributed by atoms with Crippen LogP contribution in [-0.4, -0.2) is 4.98 Å². The molecule has 2 aromatic heterocycles. The molecule has 0 unspecified atom stereocenters. The summed E-state index contributed by atoms with van der Waals surface area (Å²) in [5.74, 6) is 0. The smallest absolute Gasteiger partial charge is 0.125 e. The summed E-state index contributed by atoms with van der Waals surface area (Å²) in [6.07, 6.45) is 1.44. The van der Waals surface area contributed by atoms with Crippen LogP contribution >= 0.6 is 22.9 Å². The lowest BCUT2D eigenvalue weighted by Crippen LogP contribution is -2.14. The molecular formula is C32H24ClN3S. The summed E-state index contributed by atoms with van der Waals surface area (Å²) in [5.41, 5.74) is 5.45. The van der Waals surface area contributed by atoms with Gasteiger partial charge in [0.15, 0.2) is 0 Å². The third kappa shape index (κ3) is 4.46. The van der Waals surface area contributed by atoms with Crippen LogP contribution in [0.1, 0.15) is 9.68 Å². The molecule has 37 heavy (non-hydrogen) atoms. The molecule has 4 aromatic carbocycles. The molecule has 0 N–H and O–H groups in total. The van der Waals surface area contributed by atoms with Crippen molar-refractivity contribution in [3.05, 3.63) is 137 Å². The Labute approximate surface area is 230 Å². The topological polar surface area (TPSA) is 19.4 Å². The van der Waals surface area contributed by atoms with Crippen molar-refractivity contribution in [1.29, 1.82) is 0 Å². The lowest BCUT2D eigenvalue weighted by Gasteiger charge is -2.30. The zero-order valence-corrected chi connectivity index (χ0v) is 21.3. The minimum Gasteiger partial charge on any atom is -0.309 e. The maximum absolute atomic E-state index is 7.94. The van der Waals surface area contributed by atoms with E-state index in [0.29, 0.717) is 5.02 Å². The summed E-state index contributed by atoms with van der Waals surface area (Å²) < 4.78 is 23.8. The Morgan fingerprint density at radius 3 is 1.78 bits per heavy atom. The van der Waals surface area contributed by atoms with Crippen LogP contribution in [0.15, 0.2) is 127 Å². The molecule has 0 radical (unpaired) electrons. The van der Waals surface area contributed by atoms with Crippen LogP contribution in [0.5, 0.6) is 0 Å². The van der Waals surface area contributed by atoms with Crippen LogP contribution in [-0.2, 0) is 0 Å². The first-order chi connectivity index (χ1) is 19.4. The van der Waals surface area contributed by atoms with E-state index in [-0.39, 0.29) is 5.56 Å². The molecule has 0 saturated heterocycles. The van der Waals surface area contributed by atoms with E-state index in [2.05, 4.69) is 39.0 Å². The number of anilines is 6. The van der Waals surface area contributed by atoms with Gasteiger partial charge >= 0.3 is 0 Å². The zero-order valence-electron chi connectivity index (χ0n) is 22.8. The number of rotatable bonds is 6. The van der Waals surface area contributed by atoms with Gasteiger partial charge in [0.2, 0.25) is 0 Å². The third-order valence-electron chi connectivity index (χ3n) is 6.13. The van der Waals surface area contributed by atoms with Gasteiger partial charge in [-0.15, -0.1) is 11.3 Å². The zero-order chi connectivity index (χ0) is 27.7. The number of nitrogens with zero attached hydrogens (tertiary/aromatic N) is 3. The molecule has 0 aliphatic carbocycles. The van der Waals surface area contributed by atoms with E-state index in [4.69, 9.17) is 15.7 Å². The summed E-state index contributed by atoms with van der Waals surface area (Å²) in [6.45, 7) is -2.26. The van der Waals surface area contributed by atoms with E-state index < -0.39 is 6.85 Å². The third-order valence-corrected chi connectivity index (χ3v) is 7.41. The van der Waals surface area contributed by atoms with Gasteiger partial charge in [-0.3, -0.25) is 0 Å². The molecule has 0 aliphatic rings. The Morgan fingerprint density at radius 1 is 0.676 bits per heavy atom. The average Bonchev–Trinajstić information content (AvgIpc) is 3.39. The van der Waals surface area contributed by atoms with Gasteiger partial charge in [0.1, 0.15) is 4.83 Å². The number of thiophene rings is 1. The molecule has 3 nitrogen and oxygen atoms in total. The van der Waals surface area contributed by atoms with Crippen molar-refractivity contribution in [2.24, 2.45) is 0 Å². The molecule has 0 bridgehead atoms. The molecule has 6 aromatic rings.